The van der Waals surface area contributed by atoms with Crippen LogP contribution in [0, 0.1) is 0 Å². The lowest BCUT2D eigenvalue weighted by molar-refractivity contribution is 0.641. The number of halogens is 1. The summed E-state index contributed by atoms with van der Waals surface area (Å²) in [7, 11) is 1.98. The van der Waals surface area contributed by atoms with Crippen LogP contribution >= 0.6 is 39.0 Å². The molecule has 0 aliphatic carbocycles. The molecule has 90 valence electrons. The molecule has 1 N–H and O–H groups in total. The van der Waals surface area contributed by atoms with Gasteiger partial charge in [-0.15, -0.1) is 11.3 Å². The topological polar surface area (TPSA) is 24.9 Å². The van der Waals surface area contributed by atoms with Crippen LogP contribution in [0.15, 0.2) is 43.5 Å². The smallest absolute Gasteiger partial charge is 0.154 e. The number of nitrogens with zero attached hydrogens (tertiary/aromatic N) is 1. The third-order valence-corrected chi connectivity index (χ3v) is 4.95. The lowest BCUT2D eigenvalue weighted by Gasteiger charge is -2.15. The standard InChI is InChI=1S/C12H13BrN2S2/c1-8(14-2)10-7-9(13)3-4-11(10)17-12-15-5-6-16-12/h3-8,14H,1-2H3. The SMILES string of the molecule is CNC(C)c1cc(Br)ccc1Sc1nccs1. The van der Waals surface area contributed by atoms with Crippen LogP contribution in [0.2, 0.25) is 0 Å². The van der Waals surface area contributed by atoms with Gasteiger partial charge >= 0.3 is 0 Å². The Kier molecular flexibility index (Phi) is 4.62. The summed E-state index contributed by atoms with van der Waals surface area (Å²) in [6.07, 6.45) is 1.84. The summed E-state index contributed by atoms with van der Waals surface area (Å²) in [6.45, 7) is 2.16. The predicted molar refractivity (Wildman–Crippen MR) is 77.9 cm³/mol. The molecule has 0 saturated carbocycles. The first-order chi connectivity index (χ1) is 8.20. The summed E-state index contributed by atoms with van der Waals surface area (Å²) >= 11 is 6.91. The molecule has 1 aromatic carbocycles. The van der Waals surface area contributed by atoms with Crippen molar-refractivity contribution in [1.29, 1.82) is 0 Å². The van der Waals surface area contributed by atoms with Crippen LogP contribution in [-0.2, 0) is 0 Å². The number of hydrogen-bond acceptors (Lipinski definition) is 4. The molecule has 2 rings (SSSR count). The molecule has 1 aromatic heterocycles. The molecule has 0 spiro atoms. The Bertz CT molecular complexity index is 485. The lowest BCUT2D eigenvalue weighted by Crippen LogP contribution is -2.13. The Hall–Kier alpha value is -0.360. The Morgan fingerprint density at radius 3 is 2.94 bits per heavy atom. The average Bonchev–Trinajstić information content (AvgIpc) is 2.83. The normalized spacial score (nSPS) is 12.6. The van der Waals surface area contributed by atoms with E-state index in [4.69, 9.17) is 0 Å². The summed E-state index contributed by atoms with van der Waals surface area (Å²) < 4.78 is 2.19. The molecule has 0 aliphatic rings. The summed E-state index contributed by atoms with van der Waals surface area (Å²) in [6, 6.07) is 6.70. The highest BCUT2D eigenvalue weighted by Crippen LogP contribution is 2.35. The van der Waals surface area contributed by atoms with Crippen LogP contribution in [-0.4, -0.2) is 12.0 Å². The van der Waals surface area contributed by atoms with Gasteiger partial charge in [0.1, 0.15) is 0 Å². The van der Waals surface area contributed by atoms with Gasteiger partial charge in [0.25, 0.3) is 0 Å². The maximum Gasteiger partial charge on any atom is 0.154 e. The maximum absolute atomic E-state index is 4.31. The van der Waals surface area contributed by atoms with Gasteiger partial charge in [-0.25, -0.2) is 4.98 Å². The van der Waals surface area contributed by atoms with Gasteiger partial charge in [0.05, 0.1) is 0 Å². The zero-order valence-electron chi connectivity index (χ0n) is 9.61. The van der Waals surface area contributed by atoms with Crippen molar-refractivity contribution < 1.29 is 0 Å². The Morgan fingerprint density at radius 1 is 1.47 bits per heavy atom. The minimum Gasteiger partial charge on any atom is -0.313 e. The monoisotopic (exact) mass is 328 g/mol. The Balaban J connectivity index is 2.32. The molecule has 2 aromatic rings. The molecule has 1 heterocycles. The molecule has 0 radical (unpaired) electrons. The van der Waals surface area contributed by atoms with E-state index in [9.17, 15) is 0 Å². The fraction of sp³-hybridized carbons (Fsp3) is 0.250. The highest BCUT2D eigenvalue weighted by molar-refractivity contribution is 9.10. The summed E-state index contributed by atoms with van der Waals surface area (Å²) in [5.41, 5.74) is 1.29. The van der Waals surface area contributed by atoms with Gasteiger partial charge in [-0.3, -0.25) is 0 Å². The van der Waals surface area contributed by atoms with E-state index in [0.717, 1.165) is 8.81 Å². The Morgan fingerprint density at radius 2 is 2.29 bits per heavy atom. The second-order valence-electron chi connectivity index (χ2n) is 3.59. The second-order valence-corrected chi connectivity index (χ2v) is 6.69. The fourth-order valence-electron chi connectivity index (χ4n) is 1.46. The second kappa shape index (κ2) is 6.00. The summed E-state index contributed by atoms with van der Waals surface area (Å²) in [4.78, 5) is 5.56. The van der Waals surface area contributed by atoms with E-state index < -0.39 is 0 Å². The van der Waals surface area contributed by atoms with Crippen LogP contribution in [0.1, 0.15) is 18.5 Å². The fourth-order valence-corrected chi connectivity index (χ4v) is 3.62. The van der Waals surface area contributed by atoms with Gasteiger partial charge in [-0.1, -0.05) is 27.7 Å². The zero-order chi connectivity index (χ0) is 12.3. The number of rotatable bonds is 4. The number of aromatic nitrogens is 1. The first kappa shape index (κ1) is 13.1. The molecular formula is C12H13BrN2S2. The van der Waals surface area contributed by atoms with Crippen LogP contribution in [0.3, 0.4) is 0 Å². The average molecular weight is 329 g/mol. The number of benzene rings is 1. The molecule has 0 bridgehead atoms. The van der Waals surface area contributed by atoms with E-state index in [-0.39, 0.29) is 0 Å². The van der Waals surface area contributed by atoms with Crippen LogP contribution in [0.4, 0.5) is 0 Å². The van der Waals surface area contributed by atoms with Gasteiger partial charge in [0, 0.05) is 27.0 Å². The zero-order valence-corrected chi connectivity index (χ0v) is 12.8. The van der Waals surface area contributed by atoms with Crippen LogP contribution in [0.25, 0.3) is 0 Å². The molecular weight excluding hydrogens is 316 g/mol. The maximum atomic E-state index is 4.31. The molecule has 1 atom stereocenters. The van der Waals surface area contributed by atoms with Crippen molar-refractivity contribution in [3.05, 3.63) is 39.8 Å². The molecule has 0 amide bonds. The first-order valence-corrected chi connectivity index (χ1v) is 7.73. The van der Waals surface area contributed by atoms with Crippen LogP contribution < -0.4 is 5.32 Å². The number of hydrogen-bond donors (Lipinski definition) is 1. The van der Waals surface area contributed by atoms with Crippen molar-refractivity contribution in [2.24, 2.45) is 0 Å². The minimum absolute atomic E-state index is 0.329. The highest BCUT2D eigenvalue weighted by atomic mass is 79.9. The molecule has 5 heteroatoms. The first-order valence-electron chi connectivity index (χ1n) is 5.24. The molecule has 17 heavy (non-hydrogen) atoms. The number of thiazole rings is 1. The molecule has 2 nitrogen and oxygen atoms in total. The summed E-state index contributed by atoms with van der Waals surface area (Å²) in [5.74, 6) is 0. The van der Waals surface area contributed by atoms with E-state index in [1.54, 1.807) is 23.1 Å². The van der Waals surface area contributed by atoms with Gasteiger partial charge < -0.3 is 5.32 Å². The largest absolute Gasteiger partial charge is 0.313 e. The van der Waals surface area contributed by atoms with Crippen molar-refractivity contribution in [1.82, 2.24) is 10.3 Å². The van der Waals surface area contributed by atoms with Crippen molar-refractivity contribution in [2.45, 2.75) is 22.2 Å². The van der Waals surface area contributed by atoms with Gasteiger partial charge in [-0.2, -0.15) is 0 Å². The van der Waals surface area contributed by atoms with Gasteiger partial charge in [0.15, 0.2) is 4.34 Å². The quantitative estimate of drug-likeness (QED) is 0.903. The predicted octanol–water partition coefficient (Wildman–Crippen LogP) is 4.34. The van der Waals surface area contributed by atoms with E-state index in [2.05, 4.69) is 51.4 Å². The third-order valence-electron chi connectivity index (χ3n) is 2.48. The third kappa shape index (κ3) is 3.31. The van der Waals surface area contributed by atoms with Crippen molar-refractivity contribution in [3.8, 4) is 0 Å². The molecule has 1 unspecified atom stereocenters. The van der Waals surface area contributed by atoms with Crippen molar-refractivity contribution >= 4 is 39.0 Å². The number of nitrogens with one attached hydrogen (secondary N) is 1. The molecule has 0 fully saturated rings. The van der Waals surface area contributed by atoms with Crippen LogP contribution in [0.5, 0.6) is 0 Å². The van der Waals surface area contributed by atoms with Gasteiger partial charge in [0.2, 0.25) is 0 Å². The molecule has 0 saturated heterocycles. The van der Waals surface area contributed by atoms with E-state index in [1.165, 1.54) is 10.5 Å². The van der Waals surface area contributed by atoms with E-state index >= 15 is 0 Å². The Labute approximate surface area is 118 Å². The van der Waals surface area contributed by atoms with E-state index in [1.807, 2.05) is 18.6 Å². The highest BCUT2D eigenvalue weighted by Gasteiger charge is 2.11. The van der Waals surface area contributed by atoms with Gasteiger partial charge in [-0.05, 0) is 37.7 Å². The van der Waals surface area contributed by atoms with Crippen molar-refractivity contribution in [3.63, 3.8) is 0 Å². The minimum atomic E-state index is 0.329. The lowest BCUT2D eigenvalue weighted by atomic mass is 10.1. The van der Waals surface area contributed by atoms with E-state index in [0.29, 0.717) is 6.04 Å². The molecule has 0 aliphatic heterocycles. The van der Waals surface area contributed by atoms with Crippen molar-refractivity contribution in [2.75, 3.05) is 7.05 Å². The summed E-state index contributed by atoms with van der Waals surface area (Å²) in [5, 5.41) is 5.28.